The molecular weight excluding hydrogens is 634 g/mol. The van der Waals surface area contributed by atoms with Crippen LogP contribution in [0.5, 0.6) is 17.2 Å². The number of imidazole rings is 1. The number of amides is 1. The van der Waals surface area contributed by atoms with Gasteiger partial charge in [0.1, 0.15) is 17.2 Å². The van der Waals surface area contributed by atoms with E-state index in [0.717, 1.165) is 22.5 Å². The van der Waals surface area contributed by atoms with Crippen LogP contribution in [0.1, 0.15) is 34.1 Å². The van der Waals surface area contributed by atoms with Gasteiger partial charge in [0.05, 0.1) is 38.6 Å². The first kappa shape index (κ1) is 31.0. The van der Waals surface area contributed by atoms with Crippen molar-refractivity contribution in [1.29, 1.82) is 0 Å². The zero-order valence-corrected chi connectivity index (χ0v) is 27.0. The first-order chi connectivity index (χ1) is 22.2. The van der Waals surface area contributed by atoms with Crippen LogP contribution < -0.4 is 19.1 Å². The summed E-state index contributed by atoms with van der Waals surface area (Å²) in [6, 6.07) is 11.9. The number of pyridine rings is 1. The van der Waals surface area contributed by atoms with Crippen LogP contribution in [-0.2, 0) is 15.3 Å². The van der Waals surface area contributed by atoms with Gasteiger partial charge in [-0.2, -0.15) is 0 Å². The Labute approximate surface area is 271 Å². The van der Waals surface area contributed by atoms with E-state index in [2.05, 4.69) is 15.2 Å². The molecule has 236 valence electrons. The van der Waals surface area contributed by atoms with Gasteiger partial charge in [-0.25, -0.2) is 9.37 Å². The number of benzene rings is 2. The topological polar surface area (TPSA) is 128 Å². The maximum atomic E-state index is 13.8. The average molecular weight is 662 g/mol. The quantitative estimate of drug-likeness (QED) is 0.0672. The number of hydrogen-bond donors (Lipinski definition) is 1. The number of methoxy groups -OCH3 is 3. The molecule has 5 aromatic rings. The van der Waals surface area contributed by atoms with E-state index < -0.39 is 23.5 Å². The van der Waals surface area contributed by atoms with E-state index >= 15 is 0 Å². The SMILES string of the molecule is COc1cc(C2C(=C(O)c3nc4c(C)cccn4c3C)C(=O)C(=O)N2c2nnc(SCc3ccc(F)cc3)s2)cc(OC)c1OC. The van der Waals surface area contributed by atoms with Gasteiger partial charge in [0.25, 0.3) is 5.78 Å². The molecule has 0 spiro atoms. The molecule has 0 bridgehead atoms. The second kappa shape index (κ2) is 12.4. The molecule has 1 aliphatic rings. The molecule has 4 heterocycles. The number of carbonyl (C=O) groups is 2. The van der Waals surface area contributed by atoms with Gasteiger partial charge in [0.2, 0.25) is 10.9 Å². The fourth-order valence-corrected chi connectivity index (χ4v) is 7.19. The van der Waals surface area contributed by atoms with Gasteiger partial charge >= 0.3 is 5.91 Å². The largest absolute Gasteiger partial charge is 0.505 e. The Morgan fingerprint density at radius 1 is 1.02 bits per heavy atom. The highest BCUT2D eigenvalue weighted by molar-refractivity contribution is 8.00. The Hall–Kier alpha value is -4.95. The van der Waals surface area contributed by atoms with E-state index in [1.54, 1.807) is 31.2 Å². The van der Waals surface area contributed by atoms with Gasteiger partial charge in [-0.15, -0.1) is 10.2 Å². The number of aliphatic hydroxyl groups excluding tert-OH is 1. The van der Waals surface area contributed by atoms with Gasteiger partial charge in [0.15, 0.2) is 21.6 Å². The second-order valence-electron chi connectivity index (χ2n) is 10.3. The number of aromatic nitrogens is 4. The van der Waals surface area contributed by atoms with E-state index in [1.807, 2.05) is 29.7 Å². The Morgan fingerprint density at radius 3 is 2.35 bits per heavy atom. The van der Waals surface area contributed by atoms with Gasteiger partial charge in [-0.3, -0.25) is 14.5 Å². The summed E-state index contributed by atoms with van der Waals surface area (Å²) in [4.78, 5) is 33.5. The smallest absolute Gasteiger partial charge is 0.301 e. The Morgan fingerprint density at radius 2 is 1.72 bits per heavy atom. The van der Waals surface area contributed by atoms with Gasteiger partial charge in [-0.1, -0.05) is 41.3 Å². The molecule has 1 saturated heterocycles. The maximum Gasteiger partial charge on any atom is 0.301 e. The Balaban J connectivity index is 1.50. The number of rotatable bonds is 9. The molecule has 1 atom stereocenters. The third-order valence-corrected chi connectivity index (χ3v) is 9.76. The van der Waals surface area contributed by atoms with Crippen molar-refractivity contribution in [3.8, 4) is 17.2 Å². The summed E-state index contributed by atoms with van der Waals surface area (Å²) in [5.74, 6) is -1.21. The fraction of sp³-hybridized carbons (Fsp3) is 0.219. The zero-order valence-electron chi connectivity index (χ0n) is 25.4. The van der Waals surface area contributed by atoms with Crippen molar-refractivity contribution < 1.29 is 33.3 Å². The number of hydrogen-bond acceptors (Lipinski definition) is 11. The van der Waals surface area contributed by atoms with Crippen molar-refractivity contribution in [3.63, 3.8) is 0 Å². The lowest BCUT2D eigenvalue weighted by Gasteiger charge is -2.24. The second-order valence-corrected chi connectivity index (χ2v) is 12.5. The molecule has 0 radical (unpaired) electrons. The predicted octanol–water partition coefficient (Wildman–Crippen LogP) is 5.89. The molecule has 11 nitrogen and oxygen atoms in total. The number of aryl methyl sites for hydroxylation is 2. The van der Waals surface area contributed by atoms with Crippen molar-refractivity contribution in [3.05, 3.63) is 94.2 Å². The molecule has 1 amide bonds. The minimum Gasteiger partial charge on any atom is -0.505 e. The van der Waals surface area contributed by atoms with Crippen molar-refractivity contribution in [2.24, 2.45) is 0 Å². The van der Waals surface area contributed by atoms with E-state index in [4.69, 9.17) is 14.2 Å². The molecule has 1 aliphatic heterocycles. The first-order valence-corrected chi connectivity index (χ1v) is 15.7. The van der Waals surface area contributed by atoms with E-state index in [1.165, 1.54) is 50.1 Å². The predicted molar refractivity (Wildman–Crippen MR) is 171 cm³/mol. The van der Waals surface area contributed by atoms with Crippen molar-refractivity contribution in [2.45, 2.75) is 30.0 Å². The molecule has 6 rings (SSSR count). The van der Waals surface area contributed by atoms with Gasteiger partial charge < -0.3 is 23.7 Å². The number of thioether (sulfide) groups is 1. The van der Waals surface area contributed by atoms with E-state index in [-0.39, 0.29) is 33.7 Å². The highest BCUT2D eigenvalue weighted by Gasteiger charge is 2.49. The number of anilines is 1. The third-order valence-electron chi connectivity index (χ3n) is 7.63. The number of ketones is 1. The number of aliphatic hydroxyl groups is 1. The molecule has 0 aliphatic carbocycles. The van der Waals surface area contributed by atoms with Crippen LogP contribution in [0.3, 0.4) is 0 Å². The molecular formula is C32H28FN5O6S2. The highest BCUT2D eigenvalue weighted by atomic mass is 32.2. The standard InChI is InChI=1S/C32H28FN5O6S2/c1-16-7-6-12-37-17(2)24(34-29(16)37)26(39)23-25(19-13-21(42-3)28(44-5)22(14-19)43-4)38(30(41)27(23)40)31-35-36-32(46-31)45-15-18-8-10-20(33)11-9-18/h6-14,25,39H,15H2,1-5H3. The molecule has 1 fully saturated rings. The average Bonchev–Trinajstić information content (AvgIpc) is 3.74. The lowest BCUT2D eigenvalue weighted by Crippen LogP contribution is -2.29. The monoisotopic (exact) mass is 661 g/mol. The van der Waals surface area contributed by atoms with E-state index in [0.29, 0.717) is 32.7 Å². The number of Topliss-reactive ketones (excluding diaryl/α,β-unsaturated/α-hetero) is 1. The zero-order chi connectivity index (χ0) is 32.7. The summed E-state index contributed by atoms with van der Waals surface area (Å²) in [5, 5.41) is 20.5. The first-order valence-electron chi connectivity index (χ1n) is 13.9. The number of carbonyl (C=O) groups excluding carboxylic acids is 2. The summed E-state index contributed by atoms with van der Waals surface area (Å²) >= 11 is 2.46. The summed E-state index contributed by atoms with van der Waals surface area (Å²) in [5.41, 5.74) is 3.30. The van der Waals surface area contributed by atoms with Crippen molar-refractivity contribution >= 4 is 51.3 Å². The van der Waals surface area contributed by atoms with E-state index in [9.17, 15) is 19.1 Å². The lowest BCUT2D eigenvalue weighted by atomic mass is 9.95. The maximum absolute atomic E-state index is 13.8. The molecule has 3 aromatic heterocycles. The fourth-order valence-electron chi connectivity index (χ4n) is 5.36. The minimum absolute atomic E-state index is 0.143. The van der Waals surface area contributed by atoms with Crippen LogP contribution in [0.4, 0.5) is 9.52 Å². The van der Waals surface area contributed by atoms with Crippen LogP contribution in [0.2, 0.25) is 0 Å². The Bertz CT molecular complexity index is 2000. The number of nitrogens with zero attached hydrogens (tertiary/aromatic N) is 5. The number of halogens is 1. The highest BCUT2D eigenvalue weighted by Crippen LogP contribution is 2.48. The third kappa shape index (κ3) is 5.32. The molecule has 1 N–H and O–H groups in total. The Kier molecular flexibility index (Phi) is 8.40. The van der Waals surface area contributed by atoms with Crippen LogP contribution in [0.15, 0.2) is 64.6 Å². The summed E-state index contributed by atoms with van der Waals surface area (Å²) in [6.07, 6.45) is 1.81. The summed E-state index contributed by atoms with van der Waals surface area (Å²) in [7, 11) is 4.37. The van der Waals surface area contributed by atoms with Gasteiger partial charge in [-0.05, 0) is 60.9 Å². The molecule has 2 aromatic carbocycles. The lowest BCUT2D eigenvalue weighted by molar-refractivity contribution is -0.132. The molecule has 0 saturated carbocycles. The number of fused-ring (bicyclic) bond motifs is 1. The van der Waals surface area contributed by atoms with Crippen molar-refractivity contribution in [2.75, 3.05) is 26.2 Å². The normalized spacial score (nSPS) is 16.0. The molecule has 14 heteroatoms. The van der Waals surface area contributed by atoms with Crippen LogP contribution in [0.25, 0.3) is 11.4 Å². The minimum atomic E-state index is -1.15. The summed E-state index contributed by atoms with van der Waals surface area (Å²) in [6.45, 7) is 3.66. The van der Waals surface area contributed by atoms with Crippen LogP contribution in [0, 0.1) is 19.7 Å². The van der Waals surface area contributed by atoms with Gasteiger partial charge in [0, 0.05) is 11.9 Å². The molecule has 1 unspecified atom stereocenters. The van der Waals surface area contributed by atoms with Crippen LogP contribution >= 0.6 is 23.1 Å². The molecule has 46 heavy (non-hydrogen) atoms. The van der Waals surface area contributed by atoms with Crippen molar-refractivity contribution in [1.82, 2.24) is 19.6 Å². The number of ether oxygens (including phenoxy) is 3. The van der Waals surface area contributed by atoms with Crippen LogP contribution in [-0.4, -0.2) is 57.7 Å². The summed E-state index contributed by atoms with van der Waals surface area (Å²) < 4.78 is 32.3.